The van der Waals surface area contributed by atoms with E-state index in [0.717, 1.165) is 16.5 Å². The number of hydrogen-bond donors (Lipinski definition) is 0. The van der Waals surface area contributed by atoms with Crippen LogP contribution < -0.4 is 4.84 Å². The van der Waals surface area contributed by atoms with E-state index in [0.29, 0.717) is 6.42 Å². The number of rotatable bonds is 2. The Morgan fingerprint density at radius 1 is 1.43 bits per heavy atom. The van der Waals surface area contributed by atoms with Crippen LogP contribution in [0.15, 0.2) is 30.5 Å². The first kappa shape index (κ1) is 8.64. The number of hydrogen-bond acceptors (Lipinski definition) is 2. The van der Waals surface area contributed by atoms with Crippen LogP contribution >= 0.6 is 0 Å². The molecule has 0 radical (unpaired) electrons. The number of nitrogens with zero attached hydrogens (tertiary/aromatic N) is 2. The average molecular weight is 186 g/mol. The van der Waals surface area contributed by atoms with E-state index in [1.54, 1.807) is 11.8 Å². The second kappa shape index (κ2) is 3.43. The standard InChI is InChI=1S/C11H10N2O/c1-14-13-8-9(6-7-12)10-4-2-3-5-11(10)13/h2-5,8H,6H2,1H3. The third kappa shape index (κ3) is 1.21. The van der Waals surface area contributed by atoms with Gasteiger partial charge in [-0.25, -0.2) is 0 Å². The van der Waals surface area contributed by atoms with Gasteiger partial charge in [-0.05, 0) is 11.6 Å². The Labute approximate surface area is 82.1 Å². The summed E-state index contributed by atoms with van der Waals surface area (Å²) >= 11 is 0. The van der Waals surface area contributed by atoms with Crippen molar-refractivity contribution in [1.29, 1.82) is 5.26 Å². The molecule has 0 saturated carbocycles. The summed E-state index contributed by atoms with van der Waals surface area (Å²) in [5.41, 5.74) is 2.00. The number of nitriles is 1. The fourth-order valence-corrected chi connectivity index (χ4v) is 1.60. The minimum atomic E-state index is 0.414. The maximum absolute atomic E-state index is 8.66. The Bertz CT molecular complexity index is 493. The van der Waals surface area contributed by atoms with E-state index in [9.17, 15) is 0 Å². The molecule has 1 aromatic heterocycles. The third-order valence-corrected chi connectivity index (χ3v) is 2.23. The minimum absolute atomic E-state index is 0.414. The van der Waals surface area contributed by atoms with E-state index in [2.05, 4.69) is 6.07 Å². The van der Waals surface area contributed by atoms with Crippen molar-refractivity contribution in [3.8, 4) is 6.07 Å². The summed E-state index contributed by atoms with van der Waals surface area (Å²) in [6.07, 6.45) is 2.27. The summed E-state index contributed by atoms with van der Waals surface area (Å²) in [6, 6.07) is 10.0. The Balaban J connectivity index is 2.68. The van der Waals surface area contributed by atoms with Crippen LogP contribution in [0, 0.1) is 11.3 Å². The first-order valence-corrected chi connectivity index (χ1v) is 4.37. The number of benzene rings is 1. The zero-order valence-corrected chi connectivity index (χ0v) is 7.90. The molecule has 0 fully saturated rings. The van der Waals surface area contributed by atoms with Gasteiger partial charge >= 0.3 is 0 Å². The normalized spacial score (nSPS) is 10.0. The van der Waals surface area contributed by atoms with Gasteiger partial charge in [-0.2, -0.15) is 9.99 Å². The van der Waals surface area contributed by atoms with Crippen LogP contribution in [-0.2, 0) is 6.42 Å². The molecule has 3 heteroatoms. The molecular weight excluding hydrogens is 176 g/mol. The first-order chi connectivity index (χ1) is 6.86. The highest BCUT2D eigenvalue weighted by Crippen LogP contribution is 2.20. The maximum atomic E-state index is 8.66. The molecule has 1 aromatic carbocycles. The van der Waals surface area contributed by atoms with Crippen LogP contribution in [-0.4, -0.2) is 11.8 Å². The lowest BCUT2D eigenvalue weighted by atomic mass is 10.1. The molecule has 3 nitrogen and oxygen atoms in total. The summed E-state index contributed by atoms with van der Waals surface area (Å²) in [4.78, 5) is 5.16. The summed E-state index contributed by atoms with van der Waals surface area (Å²) in [6.45, 7) is 0. The fraction of sp³-hybridized carbons (Fsp3) is 0.182. The zero-order valence-electron chi connectivity index (χ0n) is 7.90. The second-order valence-electron chi connectivity index (χ2n) is 3.01. The van der Waals surface area contributed by atoms with Gasteiger partial charge in [-0.3, -0.25) is 0 Å². The van der Waals surface area contributed by atoms with Crippen molar-refractivity contribution in [2.45, 2.75) is 6.42 Å². The zero-order chi connectivity index (χ0) is 9.97. The summed E-state index contributed by atoms with van der Waals surface area (Å²) in [5.74, 6) is 0. The lowest BCUT2D eigenvalue weighted by Gasteiger charge is -2.00. The van der Waals surface area contributed by atoms with Crippen molar-refractivity contribution in [1.82, 2.24) is 4.73 Å². The predicted octanol–water partition coefficient (Wildman–Crippen LogP) is 1.77. The number of aromatic nitrogens is 1. The summed E-state index contributed by atoms with van der Waals surface area (Å²) in [7, 11) is 1.61. The van der Waals surface area contributed by atoms with Gasteiger partial charge < -0.3 is 4.84 Å². The molecule has 2 aromatic rings. The van der Waals surface area contributed by atoms with Crippen molar-refractivity contribution in [3.63, 3.8) is 0 Å². The Morgan fingerprint density at radius 2 is 2.21 bits per heavy atom. The molecular formula is C11H10N2O. The lowest BCUT2D eigenvalue weighted by Crippen LogP contribution is -2.02. The molecule has 2 rings (SSSR count). The molecule has 0 N–H and O–H groups in total. The quantitative estimate of drug-likeness (QED) is 0.716. The Hall–Kier alpha value is -1.95. The monoisotopic (exact) mass is 186 g/mol. The third-order valence-electron chi connectivity index (χ3n) is 2.23. The largest absolute Gasteiger partial charge is 0.417 e. The Kier molecular flexibility index (Phi) is 2.11. The molecule has 0 saturated heterocycles. The van der Waals surface area contributed by atoms with Gasteiger partial charge in [0.1, 0.15) is 7.11 Å². The topological polar surface area (TPSA) is 38.0 Å². The van der Waals surface area contributed by atoms with E-state index < -0.39 is 0 Å². The number of fused-ring (bicyclic) bond motifs is 1. The summed E-state index contributed by atoms with van der Waals surface area (Å²) < 4.78 is 1.68. The van der Waals surface area contributed by atoms with Gasteiger partial charge in [0.15, 0.2) is 0 Å². The minimum Gasteiger partial charge on any atom is -0.417 e. The van der Waals surface area contributed by atoms with Gasteiger partial charge in [0.25, 0.3) is 0 Å². The van der Waals surface area contributed by atoms with Crippen LogP contribution in [0.3, 0.4) is 0 Å². The van der Waals surface area contributed by atoms with Crippen LogP contribution in [0.4, 0.5) is 0 Å². The molecule has 0 unspecified atom stereocenters. The highest BCUT2D eigenvalue weighted by Gasteiger charge is 2.06. The van der Waals surface area contributed by atoms with Gasteiger partial charge in [-0.15, -0.1) is 0 Å². The van der Waals surface area contributed by atoms with E-state index in [1.807, 2.05) is 30.5 Å². The number of para-hydroxylation sites is 1. The van der Waals surface area contributed by atoms with Crippen molar-refractivity contribution in [2.75, 3.05) is 7.11 Å². The molecule has 0 aliphatic rings. The van der Waals surface area contributed by atoms with Crippen molar-refractivity contribution < 1.29 is 4.84 Å². The van der Waals surface area contributed by atoms with Crippen LogP contribution in [0.2, 0.25) is 0 Å². The molecule has 0 aliphatic carbocycles. The molecule has 0 amide bonds. The SMILES string of the molecule is COn1cc(CC#N)c2ccccc21. The Morgan fingerprint density at radius 3 is 2.93 bits per heavy atom. The molecule has 14 heavy (non-hydrogen) atoms. The second-order valence-corrected chi connectivity index (χ2v) is 3.01. The smallest absolute Gasteiger partial charge is 0.104 e. The highest BCUT2D eigenvalue weighted by atomic mass is 16.6. The molecule has 0 aliphatic heterocycles. The lowest BCUT2D eigenvalue weighted by molar-refractivity contribution is 0.179. The summed E-state index contributed by atoms with van der Waals surface area (Å²) in [5, 5.41) is 9.74. The van der Waals surface area contributed by atoms with Crippen LogP contribution in [0.25, 0.3) is 10.9 Å². The van der Waals surface area contributed by atoms with E-state index in [4.69, 9.17) is 10.1 Å². The van der Waals surface area contributed by atoms with E-state index >= 15 is 0 Å². The molecule has 1 heterocycles. The van der Waals surface area contributed by atoms with Gasteiger partial charge in [0.05, 0.1) is 18.0 Å². The van der Waals surface area contributed by atoms with E-state index in [-0.39, 0.29) is 0 Å². The van der Waals surface area contributed by atoms with Crippen LogP contribution in [0.5, 0.6) is 0 Å². The van der Waals surface area contributed by atoms with E-state index in [1.165, 1.54) is 0 Å². The van der Waals surface area contributed by atoms with Crippen molar-refractivity contribution in [3.05, 3.63) is 36.0 Å². The van der Waals surface area contributed by atoms with Gasteiger partial charge in [0, 0.05) is 11.6 Å². The van der Waals surface area contributed by atoms with Crippen molar-refractivity contribution in [2.24, 2.45) is 0 Å². The molecule has 0 atom stereocenters. The van der Waals surface area contributed by atoms with Crippen LogP contribution in [0.1, 0.15) is 5.56 Å². The molecule has 0 spiro atoms. The molecule has 0 bridgehead atoms. The first-order valence-electron chi connectivity index (χ1n) is 4.37. The van der Waals surface area contributed by atoms with Crippen molar-refractivity contribution >= 4 is 10.9 Å². The van der Waals surface area contributed by atoms with Gasteiger partial charge in [-0.1, -0.05) is 18.2 Å². The van der Waals surface area contributed by atoms with Gasteiger partial charge in [0.2, 0.25) is 0 Å². The predicted molar refractivity (Wildman–Crippen MR) is 53.8 cm³/mol. The average Bonchev–Trinajstić information content (AvgIpc) is 2.58. The highest BCUT2D eigenvalue weighted by molar-refractivity contribution is 5.83. The molecule has 70 valence electrons. The fourth-order valence-electron chi connectivity index (χ4n) is 1.60. The maximum Gasteiger partial charge on any atom is 0.104 e.